The summed E-state index contributed by atoms with van der Waals surface area (Å²) in [7, 11) is 0. The first-order valence-electron chi connectivity index (χ1n) is 4.20. The van der Waals surface area contributed by atoms with E-state index >= 15 is 0 Å². The SMILES string of the molecule is CC1(C)C[C](N)CC(C)(C)N1. The molecule has 0 spiro atoms. The Morgan fingerprint density at radius 2 is 1.45 bits per heavy atom. The summed E-state index contributed by atoms with van der Waals surface area (Å²) in [4.78, 5) is 0. The molecule has 1 aliphatic rings. The lowest BCUT2D eigenvalue weighted by atomic mass is 9.80. The van der Waals surface area contributed by atoms with Gasteiger partial charge in [-0.1, -0.05) is 0 Å². The fourth-order valence-electron chi connectivity index (χ4n) is 2.20. The van der Waals surface area contributed by atoms with Crippen LogP contribution >= 0.6 is 0 Å². The van der Waals surface area contributed by atoms with Crippen LogP contribution in [0.25, 0.3) is 0 Å². The lowest BCUT2D eigenvalue weighted by molar-refractivity contribution is 0.199. The second-order valence-electron chi connectivity index (χ2n) is 4.90. The van der Waals surface area contributed by atoms with E-state index < -0.39 is 0 Å². The molecule has 1 radical (unpaired) electrons. The molecule has 0 aromatic heterocycles. The van der Waals surface area contributed by atoms with E-state index in [4.69, 9.17) is 5.73 Å². The van der Waals surface area contributed by atoms with Gasteiger partial charge in [0.1, 0.15) is 0 Å². The zero-order valence-corrected chi connectivity index (χ0v) is 7.99. The normalized spacial score (nSPS) is 30.3. The van der Waals surface area contributed by atoms with Gasteiger partial charge in [-0.05, 0) is 40.5 Å². The standard InChI is InChI=1S/C9H19N2/c1-8(2)5-7(10)6-9(3,4)11-8/h11H,5-6,10H2,1-4H3. The van der Waals surface area contributed by atoms with Crippen LogP contribution in [-0.2, 0) is 0 Å². The number of hydrogen-bond acceptors (Lipinski definition) is 2. The zero-order valence-electron chi connectivity index (χ0n) is 7.99. The molecule has 1 heterocycles. The highest BCUT2D eigenvalue weighted by atomic mass is 15.1. The summed E-state index contributed by atoms with van der Waals surface area (Å²) in [5.74, 6) is 0. The van der Waals surface area contributed by atoms with Gasteiger partial charge in [-0.25, -0.2) is 0 Å². The smallest absolute Gasteiger partial charge is 0.0373 e. The van der Waals surface area contributed by atoms with Gasteiger partial charge < -0.3 is 11.1 Å². The van der Waals surface area contributed by atoms with Crippen molar-refractivity contribution in [3.05, 3.63) is 6.04 Å². The molecule has 2 nitrogen and oxygen atoms in total. The van der Waals surface area contributed by atoms with E-state index in [0.29, 0.717) is 0 Å². The fourth-order valence-corrected chi connectivity index (χ4v) is 2.20. The van der Waals surface area contributed by atoms with E-state index in [2.05, 4.69) is 33.0 Å². The molecule has 0 saturated carbocycles. The Morgan fingerprint density at radius 3 is 1.73 bits per heavy atom. The van der Waals surface area contributed by atoms with Crippen LogP contribution in [0.1, 0.15) is 40.5 Å². The summed E-state index contributed by atoms with van der Waals surface area (Å²) in [5.41, 5.74) is 6.21. The molecule has 1 rings (SSSR count). The minimum Gasteiger partial charge on any atom is -0.323 e. The third kappa shape index (κ3) is 2.46. The monoisotopic (exact) mass is 155 g/mol. The molecule has 0 aliphatic carbocycles. The highest BCUT2D eigenvalue weighted by molar-refractivity contribution is 5.06. The average molecular weight is 155 g/mol. The Morgan fingerprint density at radius 1 is 1.09 bits per heavy atom. The second-order valence-corrected chi connectivity index (χ2v) is 4.90. The zero-order chi connectivity index (χ0) is 8.70. The molecule has 65 valence electrons. The quantitative estimate of drug-likeness (QED) is 0.555. The summed E-state index contributed by atoms with van der Waals surface area (Å²) < 4.78 is 0. The van der Waals surface area contributed by atoms with Crippen LogP contribution in [-0.4, -0.2) is 11.1 Å². The molecular weight excluding hydrogens is 136 g/mol. The molecule has 0 amide bonds. The summed E-state index contributed by atoms with van der Waals surface area (Å²) in [6.45, 7) is 8.78. The number of rotatable bonds is 0. The maximum absolute atomic E-state index is 5.86. The molecule has 0 aromatic rings. The third-order valence-electron chi connectivity index (χ3n) is 2.01. The average Bonchev–Trinajstić information content (AvgIpc) is 1.49. The van der Waals surface area contributed by atoms with Gasteiger partial charge in [0.05, 0.1) is 0 Å². The highest BCUT2D eigenvalue weighted by Crippen LogP contribution is 2.30. The summed E-state index contributed by atoms with van der Waals surface area (Å²) >= 11 is 0. The van der Waals surface area contributed by atoms with Crippen LogP contribution in [0.5, 0.6) is 0 Å². The third-order valence-corrected chi connectivity index (χ3v) is 2.01. The van der Waals surface area contributed by atoms with Crippen molar-refractivity contribution in [2.24, 2.45) is 5.73 Å². The Kier molecular flexibility index (Phi) is 2.01. The summed E-state index contributed by atoms with van der Waals surface area (Å²) in [6.07, 6.45) is 1.99. The number of piperidine rings is 1. The molecular formula is C9H19N2. The van der Waals surface area contributed by atoms with Crippen LogP contribution in [0.4, 0.5) is 0 Å². The molecule has 3 N–H and O–H groups in total. The predicted molar refractivity (Wildman–Crippen MR) is 48.0 cm³/mol. The number of hydrogen-bond donors (Lipinski definition) is 2. The summed E-state index contributed by atoms with van der Waals surface area (Å²) in [5, 5.41) is 3.56. The van der Waals surface area contributed by atoms with Gasteiger partial charge in [0.25, 0.3) is 0 Å². The minimum absolute atomic E-state index is 0.172. The van der Waals surface area contributed by atoms with Crippen molar-refractivity contribution in [1.82, 2.24) is 5.32 Å². The predicted octanol–water partition coefficient (Wildman–Crippen LogP) is 1.42. The van der Waals surface area contributed by atoms with E-state index in [1.54, 1.807) is 0 Å². The Hall–Kier alpha value is -0.0800. The number of nitrogens with one attached hydrogen (secondary N) is 1. The van der Waals surface area contributed by atoms with E-state index in [-0.39, 0.29) is 11.1 Å². The lowest BCUT2D eigenvalue weighted by Crippen LogP contribution is -2.58. The Labute approximate surface area is 69.5 Å². The molecule has 0 aromatic carbocycles. The van der Waals surface area contributed by atoms with Crippen molar-refractivity contribution in [2.45, 2.75) is 51.6 Å². The van der Waals surface area contributed by atoms with E-state index in [9.17, 15) is 0 Å². The van der Waals surface area contributed by atoms with Crippen molar-refractivity contribution in [3.63, 3.8) is 0 Å². The molecule has 0 unspecified atom stereocenters. The Balaban J connectivity index is 2.66. The minimum atomic E-state index is 0.172. The van der Waals surface area contributed by atoms with Crippen molar-refractivity contribution in [1.29, 1.82) is 0 Å². The van der Waals surface area contributed by atoms with Gasteiger partial charge in [0.15, 0.2) is 0 Å². The molecule has 0 bridgehead atoms. The van der Waals surface area contributed by atoms with Crippen LogP contribution in [0.15, 0.2) is 0 Å². The lowest BCUT2D eigenvalue weighted by Gasteiger charge is -2.45. The first-order valence-corrected chi connectivity index (χ1v) is 4.20. The highest BCUT2D eigenvalue weighted by Gasteiger charge is 2.36. The van der Waals surface area contributed by atoms with Gasteiger partial charge in [-0.3, -0.25) is 0 Å². The Bertz CT molecular complexity index is 134. The molecule has 11 heavy (non-hydrogen) atoms. The van der Waals surface area contributed by atoms with Crippen LogP contribution in [0.2, 0.25) is 0 Å². The van der Waals surface area contributed by atoms with E-state index in [1.165, 1.54) is 0 Å². The maximum Gasteiger partial charge on any atom is 0.0373 e. The van der Waals surface area contributed by atoms with Gasteiger partial charge in [-0.2, -0.15) is 0 Å². The van der Waals surface area contributed by atoms with Crippen LogP contribution in [0.3, 0.4) is 0 Å². The summed E-state index contributed by atoms with van der Waals surface area (Å²) in [6, 6.07) is 1.12. The van der Waals surface area contributed by atoms with Crippen LogP contribution in [0, 0.1) is 6.04 Å². The first kappa shape index (κ1) is 9.01. The topological polar surface area (TPSA) is 38.0 Å². The first-order chi connectivity index (χ1) is 4.81. The van der Waals surface area contributed by atoms with Crippen molar-refractivity contribution < 1.29 is 0 Å². The molecule has 0 atom stereocenters. The van der Waals surface area contributed by atoms with Crippen molar-refractivity contribution >= 4 is 0 Å². The van der Waals surface area contributed by atoms with E-state index in [0.717, 1.165) is 18.9 Å². The second kappa shape index (κ2) is 2.46. The maximum atomic E-state index is 5.86. The van der Waals surface area contributed by atoms with Crippen molar-refractivity contribution in [2.75, 3.05) is 0 Å². The van der Waals surface area contributed by atoms with Crippen LogP contribution < -0.4 is 11.1 Å². The van der Waals surface area contributed by atoms with Gasteiger partial charge in [-0.15, -0.1) is 0 Å². The van der Waals surface area contributed by atoms with Crippen molar-refractivity contribution in [3.8, 4) is 0 Å². The van der Waals surface area contributed by atoms with Gasteiger partial charge in [0.2, 0.25) is 0 Å². The fraction of sp³-hybridized carbons (Fsp3) is 0.889. The molecule has 1 aliphatic heterocycles. The number of nitrogens with two attached hydrogens (primary N) is 1. The molecule has 1 fully saturated rings. The molecule has 2 heteroatoms. The van der Waals surface area contributed by atoms with E-state index in [1.807, 2.05) is 0 Å². The van der Waals surface area contributed by atoms with Gasteiger partial charge >= 0.3 is 0 Å². The van der Waals surface area contributed by atoms with Gasteiger partial charge in [0, 0.05) is 17.1 Å². The molecule has 1 saturated heterocycles. The largest absolute Gasteiger partial charge is 0.323 e.